The first-order valence-corrected chi connectivity index (χ1v) is 7.37. The molecule has 112 valence electrons. The Hall–Kier alpha value is -2.01. The molecule has 3 heterocycles. The second-order valence-electron chi connectivity index (χ2n) is 5.42. The Labute approximate surface area is 123 Å². The zero-order valence-electron chi connectivity index (χ0n) is 12.0. The van der Waals surface area contributed by atoms with Crippen molar-refractivity contribution >= 4 is 5.71 Å². The molecule has 3 unspecified atom stereocenters. The van der Waals surface area contributed by atoms with Crippen LogP contribution in [-0.2, 0) is 0 Å². The van der Waals surface area contributed by atoms with Crippen LogP contribution in [0.25, 0.3) is 0 Å². The van der Waals surface area contributed by atoms with Gasteiger partial charge in [0, 0.05) is 12.3 Å². The number of hydrogen-bond acceptors (Lipinski definition) is 5. The average Bonchev–Trinajstić information content (AvgIpc) is 3.21. The molecule has 2 N–H and O–H groups in total. The molecule has 3 rings (SSSR count). The van der Waals surface area contributed by atoms with Crippen molar-refractivity contribution < 1.29 is 14.0 Å². The number of nitrogens with zero attached hydrogens (tertiary/aromatic N) is 1. The van der Waals surface area contributed by atoms with Crippen LogP contribution in [0.1, 0.15) is 49.8 Å². The predicted octanol–water partition coefficient (Wildman–Crippen LogP) is 3.89. The second kappa shape index (κ2) is 6.18. The average molecular weight is 288 g/mol. The SMILES string of the molecule is CCCC1C(=NO)CC(c2ccco2)NC1c1ccco1. The first-order valence-electron chi connectivity index (χ1n) is 7.37. The highest BCUT2D eigenvalue weighted by Gasteiger charge is 2.38. The topological polar surface area (TPSA) is 70.9 Å². The first-order chi connectivity index (χ1) is 10.3. The second-order valence-corrected chi connectivity index (χ2v) is 5.42. The Morgan fingerprint density at radius 2 is 1.95 bits per heavy atom. The van der Waals surface area contributed by atoms with Crippen molar-refractivity contribution in [2.75, 3.05) is 0 Å². The van der Waals surface area contributed by atoms with E-state index in [1.54, 1.807) is 12.5 Å². The van der Waals surface area contributed by atoms with Gasteiger partial charge in [0.1, 0.15) is 11.5 Å². The van der Waals surface area contributed by atoms with Gasteiger partial charge in [-0.1, -0.05) is 18.5 Å². The number of oxime groups is 1. The smallest absolute Gasteiger partial charge is 0.121 e. The lowest BCUT2D eigenvalue weighted by Crippen LogP contribution is -2.42. The normalized spacial score (nSPS) is 28.0. The number of furan rings is 2. The molecule has 0 radical (unpaired) electrons. The van der Waals surface area contributed by atoms with Gasteiger partial charge in [-0.05, 0) is 30.7 Å². The van der Waals surface area contributed by atoms with E-state index in [1.165, 1.54) is 0 Å². The van der Waals surface area contributed by atoms with Crippen molar-refractivity contribution in [2.45, 2.75) is 38.3 Å². The van der Waals surface area contributed by atoms with Crippen LogP contribution in [0.4, 0.5) is 0 Å². The molecule has 1 aliphatic rings. The summed E-state index contributed by atoms with van der Waals surface area (Å²) in [5.74, 6) is 1.85. The van der Waals surface area contributed by atoms with E-state index in [-0.39, 0.29) is 18.0 Å². The van der Waals surface area contributed by atoms with Crippen LogP contribution in [0.2, 0.25) is 0 Å². The largest absolute Gasteiger partial charge is 0.468 e. The Morgan fingerprint density at radius 3 is 2.52 bits per heavy atom. The number of nitrogens with one attached hydrogen (secondary N) is 1. The lowest BCUT2D eigenvalue weighted by Gasteiger charge is -2.36. The number of rotatable bonds is 4. The molecule has 1 fully saturated rings. The molecule has 0 saturated carbocycles. The Bertz CT molecular complexity index is 575. The van der Waals surface area contributed by atoms with Crippen molar-refractivity contribution in [3.8, 4) is 0 Å². The Morgan fingerprint density at radius 1 is 1.24 bits per heavy atom. The summed E-state index contributed by atoms with van der Waals surface area (Å²) in [6.45, 7) is 2.13. The van der Waals surface area contributed by atoms with Gasteiger partial charge in [0.05, 0.1) is 30.3 Å². The summed E-state index contributed by atoms with van der Waals surface area (Å²) in [6.07, 6.45) is 5.95. The summed E-state index contributed by atoms with van der Waals surface area (Å²) in [5.41, 5.74) is 0.804. The maximum Gasteiger partial charge on any atom is 0.121 e. The fourth-order valence-electron chi connectivity index (χ4n) is 3.12. The van der Waals surface area contributed by atoms with Crippen LogP contribution in [0, 0.1) is 5.92 Å². The minimum atomic E-state index is -0.00546. The third-order valence-corrected chi connectivity index (χ3v) is 4.09. The molecule has 3 atom stereocenters. The quantitative estimate of drug-likeness (QED) is 0.661. The molecule has 5 heteroatoms. The van der Waals surface area contributed by atoms with E-state index < -0.39 is 0 Å². The number of hydrogen-bond donors (Lipinski definition) is 2. The van der Waals surface area contributed by atoms with Crippen LogP contribution < -0.4 is 5.32 Å². The van der Waals surface area contributed by atoms with E-state index in [9.17, 15) is 5.21 Å². The molecule has 5 nitrogen and oxygen atoms in total. The summed E-state index contributed by atoms with van der Waals surface area (Å²) in [6, 6.07) is 7.63. The van der Waals surface area contributed by atoms with E-state index in [0.717, 1.165) is 30.1 Å². The summed E-state index contributed by atoms with van der Waals surface area (Å²) in [5, 5.41) is 16.6. The summed E-state index contributed by atoms with van der Waals surface area (Å²) < 4.78 is 11.1. The van der Waals surface area contributed by atoms with Gasteiger partial charge in [-0.15, -0.1) is 0 Å². The lowest BCUT2D eigenvalue weighted by atomic mass is 9.81. The predicted molar refractivity (Wildman–Crippen MR) is 78.3 cm³/mol. The monoisotopic (exact) mass is 288 g/mol. The molecule has 1 saturated heterocycles. The van der Waals surface area contributed by atoms with Crippen molar-refractivity contribution in [1.82, 2.24) is 5.32 Å². The van der Waals surface area contributed by atoms with E-state index in [0.29, 0.717) is 6.42 Å². The molecular formula is C16H20N2O3. The minimum Gasteiger partial charge on any atom is -0.468 e. The molecule has 0 aliphatic carbocycles. The van der Waals surface area contributed by atoms with Gasteiger partial charge >= 0.3 is 0 Å². The molecule has 0 bridgehead atoms. The van der Waals surface area contributed by atoms with Gasteiger partial charge in [-0.3, -0.25) is 5.32 Å². The zero-order chi connectivity index (χ0) is 14.7. The lowest BCUT2D eigenvalue weighted by molar-refractivity contribution is 0.253. The van der Waals surface area contributed by atoms with Crippen molar-refractivity contribution in [2.24, 2.45) is 11.1 Å². The molecular weight excluding hydrogens is 268 g/mol. The minimum absolute atomic E-state index is 0.00491. The van der Waals surface area contributed by atoms with Gasteiger partial charge in [0.15, 0.2) is 0 Å². The van der Waals surface area contributed by atoms with Crippen LogP contribution in [0.5, 0.6) is 0 Å². The first kappa shape index (κ1) is 13.9. The van der Waals surface area contributed by atoms with Gasteiger partial charge in [-0.25, -0.2) is 0 Å². The fraction of sp³-hybridized carbons (Fsp3) is 0.438. The van der Waals surface area contributed by atoms with E-state index in [4.69, 9.17) is 8.83 Å². The standard InChI is InChI=1S/C16H20N2O3/c1-2-5-11-12(18-19)10-13(14-6-3-8-20-14)17-16(11)15-7-4-9-21-15/h3-4,6-9,11,13,16-17,19H,2,5,10H2,1H3. The number of piperidine rings is 1. The van der Waals surface area contributed by atoms with Gasteiger partial charge in [0.2, 0.25) is 0 Å². The molecule has 1 aliphatic heterocycles. The maximum absolute atomic E-state index is 9.42. The highest BCUT2D eigenvalue weighted by molar-refractivity contribution is 5.88. The fourth-order valence-corrected chi connectivity index (χ4v) is 3.12. The molecule has 2 aromatic heterocycles. The Kier molecular flexibility index (Phi) is 4.10. The van der Waals surface area contributed by atoms with Gasteiger partial charge in [0.25, 0.3) is 0 Å². The molecule has 0 aromatic carbocycles. The maximum atomic E-state index is 9.42. The van der Waals surface area contributed by atoms with Crippen molar-refractivity contribution in [3.05, 3.63) is 48.3 Å². The molecule has 21 heavy (non-hydrogen) atoms. The Balaban J connectivity index is 1.92. The van der Waals surface area contributed by atoms with E-state index in [1.807, 2.05) is 24.3 Å². The van der Waals surface area contributed by atoms with Crippen LogP contribution in [-0.4, -0.2) is 10.9 Å². The van der Waals surface area contributed by atoms with Crippen LogP contribution in [0.15, 0.2) is 50.8 Å². The molecule has 2 aromatic rings. The third kappa shape index (κ3) is 2.74. The highest BCUT2D eigenvalue weighted by atomic mass is 16.4. The summed E-state index contributed by atoms with van der Waals surface area (Å²) in [7, 11) is 0. The van der Waals surface area contributed by atoms with Crippen molar-refractivity contribution in [3.63, 3.8) is 0 Å². The molecule has 0 spiro atoms. The van der Waals surface area contributed by atoms with Crippen LogP contribution in [0.3, 0.4) is 0 Å². The van der Waals surface area contributed by atoms with Gasteiger partial charge < -0.3 is 14.0 Å². The van der Waals surface area contributed by atoms with E-state index in [2.05, 4.69) is 17.4 Å². The zero-order valence-corrected chi connectivity index (χ0v) is 12.0. The summed E-state index contributed by atoms with van der Waals surface area (Å²) >= 11 is 0. The summed E-state index contributed by atoms with van der Waals surface area (Å²) in [4.78, 5) is 0. The third-order valence-electron chi connectivity index (χ3n) is 4.09. The van der Waals surface area contributed by atoms with Crippen LogP contribution >= 0.6 is 0 Å². The molecule has 0 amide bonds. The van der Waals surface area contributed by atoms with E-state index >= 15 is 0 Å². The van der Waals surface area contributed by atoms with Crippen molar-refractivity contribution in [1.29, 1.82) is 0 Å². The van der Waals surface area contributed by atoms with Gasteiger partial charge in [-0.2, -0.15) is 0 Å². The highest BCUT2D eigenvalue weighted by Crippen LogP contribution is 2.38.